The van der Waals surface area contributed by atoms with Crippen LogP contribution in [-0.2, 0) is 10.0 Å². The monoisotopic (exact) mass is 367 g/mol. The van der Waals surface area contributed by atoms with E-state index in [-0.39, 0.29) is 22.5 Å². The van der Waals surface area contributed by atoms with Crippen molar-refractivity contribution < 1.29 is 26.8 Å². The molecule has 9 nitrogen and oxygen atoms in total. The van der Waals surface area contributed by atoms with Crippen LogP contribution in [0.4, 0.5) is 0 Å². The Kier molecular flexibility index (Phi) is 4.64. The zero-order chi connectivity index (χ0) is 18.0. The standard InChI is InChI=1S/C15H17N3O6S/c1-16-25(21,22)13-5-4-12(24-13)15(20)18-8-6-17(7-9-18)14(19)11-3-2-10-23-11/h2-5,10,16H,6-9H2,1H3. The molecular weight excluding hydrogens is 350 g/mol. The Bertz CT molecular complexity index is 863. The summed E-state index contributed by atoms with van der Waals surface area (Å²) in [5.74, 6) is -0.437. The first-order valence-corrected chi connectivity index (χ1v) is 9.06. The summed E-state index contributed by atoms with van der Waals surface area (Å²) in [6.45, 7) is 1.35. The van der Waals surface area contributed by atoms with Gasteiger partial charge in [-0.25, -0.2) is 13.1 Å². The molecule has 3 heterocycles. The van der Waals surface area contributed by atoms with Crippen LogP contribution in [0.3, 0.4) is 0 Å². The Labute approximate surface area is 144 Å². The van der Waals surface area contributed by atoms with Gasteiger partial charge in [-0.05, 0) is 31.3 Å². The molecule has 134 valence electrons. The SMILES string of the molecule is CNS(=O)(=O)c1ccc(C(=O)N2CCN(C(=O)c3ccco3)CC2)o1. The predicted octanol–water partition coefficient (Wildman–Crippen LogP) is 0.379. The van der Waals surface area contributed by atoms with Crippen molar-refractivity contribution in [3.8, 4) is 0 Å². The van der Waals surface area contributed by atoms with Crippen LogP contribution < -0.4 is 4.72 Å². The highest BCUT2D eigenvalue weighted by Crippen LogP contribution is 2.17. The molecule has 1 aliphatic rings. The van der Waals surface area contributed by atoms with E-state index in [1.807, 2.05) is 0 Å². The summed E-state index contributed by atoms with van der Waals surface area (Å²) in [6, 6.07) is 5.79. The lowest BCUT2D eigenvalue weighted by atomic mass is 10.2. The molecule has 0 aliphatic carbocycles. The average molecular weight is 367 g/mol. The molecular formula is C15H17N3O6S. The second-order valence-corrected chi connectivity index (χ2v) is 7.21. The first kappa shape index (κ1) is 17.2. The molecule has 1 aliphatic heterocycles. The minimum absolute atomic E-state index is 0.0559. The number of amides is 2. The number of carbonyl (C=O) groups is 2. The van der Waals surface area contributed by atoms with Crippen LogP contribution in [0, 0.1) is 0 Å². The van der Waals surface area contributed by atoms with Crippen molar-refractivity contribution in [1.82, 2.24) is 14.5 Å². The zero-order valence-electron chi connectivity index (χ0n) is 13.5. The van der Waals surface area contributed by atoms with Gasteiger partial charge in [-0.3, -0.25) is 9.59 Å². The van der Waals surface area contributed by atoms with Crippen molar-refractivity contribution in [2.24, 2.45) is 0 Å². The van der Waals surface area contributed by atoms with E-state index in [0.29, 0.717) is 26.2 Å². The van der Waals surface area contributed by atoms with Gasteiger partial charge >= 0.3 is 0 Å². The molecule has 1 fully saturated rings. The highest BCUT2D eigenvalue weighted by atomic mass is 32.2. The highest BCUT2D eigenvalue weighted by Gasteiger charge is 2.28. The first-order chi connectivity index (χ1) is 11.9. The number of furan rings is 2. The van der Waals surface area contributed by atoms with E-state index in [9.17, 15) is 18.0 Å². The number of hydrogen-bond donors (Lipinski definition) is 1. The predicted molar refractivity (Wildman–Crippen MR) is 85.5 cm³/mol. The maximum atomic E-state index is 12.4. The second kappa shape index (κ2) is 6.73. The van der Waals surface area contributed by atoms with Crippen LogP contribution in [0.25, 0.3) is 0 Å². The van der Waals surface area contributed by atoms with Crippen LogP contribution in [0.15, 0.2) is 44.5 Å². The molecule has 0 atom stereocenters. The molecule has 0 aromatic carbocycles. The summed E-state index contributed by atoms with van der Waals surface area (Å²) < 4.78 is 35.7. The fourth-order valence-corrected chi connectivity index (χ4v) is 3.15. The molecule has 0 saturated carbocycles. The van der Waals surface area contributed by atoms with Gasteiger partial charge in [-0.15, -0.1) is 0 Å². The summed E-state index contributed by atoms with van der Waals surface area (Å²) in [4.78, 5) is 27.7. The molecule has 3 rings (SSSR count). The van der Waals surface area contributed by atoms with Crippen LogP contribution in [0.2, 0.25) is 0 Å². The second-order valence-electron chi connectivity index (χ2n) is 5.39. The van der Waals surface area contributed by atoms with Gasteiger partial charge in [0.2, 0.25) is 5.09 Å². The van der Waals surface area contributed by atoms with E-state index >= 15 is 0 Å². The van der Waals surface area contributed by atoms with Crippen molar-refractivity contribution in [3.63, 3.8) is 0 Å². The van der Waals surface area contributed by atoms with Gasteiger partial charge in [0.1, 0.15) is 0 Å². The first-order valence-electron chi connectivity index (χ1n) is 7.58. The van der Waals surface area contributed by atoms with E-state index < -0.39 is 15.9 Å². The van der Waals surface area contributed by atoms with Gasteiger partial charge in [-0.2, -0.15) is 0 Å². The summed E-state index contributed by atoms with van der Waals surface area (Å²) in [7, 11) is -2.48. The largest absolute Gasteiger partial charge is 0.459 e. The minimum atomic E-state index is -3.74. The van der Waals surface area contributed by atoms with E-state index in [0.717, 1.165) is 0 Å². The lowest BCUT2D eigenvalue weighted by molar-refractivity contribution is 0.0499. The van der Waals surface area contributed by atoms with E-state index in [1.165, 1.54) is 30.3 Å². The van der Waals surface area contributed by atoms with Crippen molar-refractivity contribution in [2.75, 3.05) is 33.2 Å². The van der Waals surface area contributed by atoms with Gasteiger partial charge in [0.05, 0.1) is 6.26 Å². The molecule has 25 heavy (non-hydrogen) atoms. The Morgan fingerprint density at radius 3 is 2.12 bits per heavy atom. The lowest BCUT2D eigenvalue weighted by Gasteiger charge is -2.33. The summed E-state index contributed by atoms with van der Waals surface area (Å²) in [5, 5.41) is -0.315. The molecule has 0 spiro atoms. The van der Waals surface area contributed by atoms with Crippen molar-refractivity contribution in [3.05, 3.63) is 42.0 Å². The van der Waals surface area contributed by atoms with Crippen LogP contribution in [0.5, 0.6) is 0 Å². The quantitative estimate of drug-likeness (QED) is 0.836. The van der Waals surface area contributed by atoms with Crippen molar-refractivity contribution in [2.45, 2.75) is 5.09 Å². The summed E-state index contributed by atoms with van der Waals surface area (Å²) >= 11 is 0. The Morgan fingerprint density at radius 2 is 1.60 bits per heavy atom. The third-order valence-electron chi connectivity index (χ3n) is 3.91. The minimum Gasteiger partial charge on any atom is -0.459 e. The average Bonchev–Trinajstić information content (AvgIpc) is 3.32. The molecule has 10 heteroatoms. The van der Waals surface area contributed by atoms with Gasteiger partial charge in [0.15, 0.2) is 11.5 Å². The zero-order valence-corrected chi connectivity index (χ0v) is 14.3. The van der Waals surface area contributed by atoms with Crippen molar-refractivity contribution in [1.29, 1.82) is 0 Å². The maximum absolute atomic E-state index is 12.4. The summed E-state index contributed by atoms with van der Waals surface area (Å²) in [5.41, 5.74) is 0. The summed E-state index contributed by atoms with van der Waals surface area (Å²) in [6.07, 6.45) is 1.43. The molecule has 0 unspecified atom stereocenters. The van der Waals surface area contributed by atoms with Gasteiger partial charge in [0.25, 0.3) is 21.8 Å². The molecule has 0 radical (unpaired) electrons. The molecule has 2 aromatic rings. The molecule has 2 aromatic heterocycles. The van der Waals surface area contributed by atoms with Gasteiger partial charge in [-0.1, -0.05) is 0 Å². The Hall–Kier alpha value is -2.59. The fraction of sp³-hybridized carbons (Fsp3) is 0.333. The normalized spacial score (nSPS) is 15.4. The van der Waals surface area contributed by atoms with E-state index in [2.05, 4.69) is 4.72 Å². The molecule has 1 N–H and O–H groups in total. The fourth-order valence-electron chi connectivity index (χ4n) is 2.50. The van der Waals surface area contributed by atoms with E-state index in [1.54, 1.807) is 17.0 Å². The molecule has 0 bridgehead atoms. The number of hydrogen-bond acceptors (Lipinski definition) is 6. The number of sulfonamides is 1. The number of nitrogens with one attached hydrogen (secondary N) is 1. The Balaban J connectivity index is 1.63. The van der Waals surface area contributed by atoms with Crippen molar-refractivity contribution >= 4 is 21.8 Å². The highest BCUT2D eigenvalue weighted by molar-refractivity contribution is 7.89. The molecule has 2 amide bonds. The maximum Gasteiger partial charge on any atom is 0.289 e. The topological polar surface area (TPSA) is 113 Å². The van der Waals surface area contributed by atoms with Gasteiger partial charge in [0, 0.05) is 26.2 Å². The Morgan fingerprint density at radius 1 is 1.00 bits per heavy atom. The van der Waals surface area contributed by atoms with Crippen LogP contribution in [-0.4, -0.2) is 63.3 Å². The molecule has 1 saturated heterocycles. The number of carbonyl (C=O) groups excluding carboxylic acids is 2. The third kappa shape index (κ3) is 3.44. The van der Waals surface area contributed by atoms with Gasteiger partial charge < -0.3 is 18.6 Å². The number of rotatable bonds is 4. The van der Waals surface area contributed by atoms with E-state index in [4.69, 9.17) is 8.83 Å². The number of nitrogens with zero attached hydrogens (tertiary/aromatic N) is 2. The van der Waals surface area contributed by atoms with Crippen LogP contribution in [0.1, 0.15) is 21.1 Å². The smallest absolute Gasteiger partial charge is 0.289 e. The third-order valence-corrected chi connectivity index (χ3v) is 5.20. The van der Waals surface area contributed by atoms with Crippen LogP contribution >= 0.6 is 0 Å². The lowest BCUT2D eigenvalue weighted by Crippen LogP contribution is -2.50. The number of piperazine rings is 1.